The fraction of sp³-hybridized carbons (Fsp3) is 0.318. The zero-order chi connectivity index (χ0) is 20.5. The van der Waals surface area contributed by atoms with E-state index in [-0.39, 0.29) is 17.7 Å². The smallest absolute Gasteiger partial charge is 0.254 e. The molecule has 0 radical (unpaired) electrons. The number of ether oxygens (including phenoxy) is 1. The van der Waals surface area contributed by atoms with Gasteiger partial charge in [0.1, 0.15) is 11.8 Å². The number of benzene rings is 2. The Morgan fingerprint density at radius 1 is 1.21 bits per heavy atom. The van der Waals surface area contributed by atoms with Crippen LogP contribution in [0, 0.1) is 0 Å². The van der Waals surface area contributed by atoms with E-state index in [1.165, 1.54) is 0 Å². The maximum Gasteiger partial charge on any atom is 0.254 e. The fourth-order valence-electron chi connectivity index (χ4n) is 3.97. The van der Waals surface area contributed by atoms with Gasteiger partial charge in [-0.05, 0) is 30.2 Å². The number of carbonyl (C=O) groups excluding carboxylic acids is 3. The maximum absolute atomic E-state index is 12.9. The number of nitrogens with one attached hydrogen (secondary N) is 1. The first kappa shape index (κ1) is 19.0. The van der Waals surface area contributed by atoms with Gasteiger partial charge >= 0.3 is 0 Å². The number of amides is 3. The van der Waals surface area contributed by atoms with Crippen molar-refractivity contribution in [2.75, 3.05) is 19.5 Å². The number of nitrogens with zero attached hydrogens (tertiary/aromatic N) is 2. The second-order valence-corrected chi connectivity index (χ2v) is 7.41. The second kappa shape index (κ2) is 7.58. The molecule has 2 heterocycles. The highest BCUT2D eigenvalue weighted by molar-refractivity contribution is 6.02. The predicted octanol–water partition coefficient (Wildman–Crippen LogP) is 2.41. The highest BCUT2D eigenvalue weighted by Gasteiger charge is 2.36. The fourth-order valence-corrected chi connectivity index (χ4v) is 3.97. The van der Waals surface area contributed by atoms with Crippen molar-refractivity contribution in [3.8, 4) is 5.75 Å². The van der Waals surface area contributed by atoms with Gasteiger partial charge in [0.15, 0.2) is 0 Å². The molecule has 1 fully saturated rings. The summed E-state index contributed by atoms with van der Waals surface area (Å²) in [4.78, 5) is 40.8. The summed E-state index contributed by atoms with van der Waals surface area (Å²) in [6.07, 6.45) is 0.799. The van der Waals surface area contributed by atoms with Gasteiger partial charge in [0.2, 0.25) is 11.8 Å². The molecule has 2 aliphatic heterocycles. The third-order valence-corrected chi connectivity index (χ3v) is 5.53. The van der Waals surface area contributed by atoms with Crippen LogP contribution in [-0.4, -0.2) is 47.7 Å². The highest BCUT2D eigenvalue weighted by atomic mass is 16.5. The van der Waals surface area contributed by atoms with E-state index in [1.807, 2.05) is 30.3 Å². The molecule has 2 aliphatic rings. The SMILES string of the molecule is COc1ccccc1CN1C(=O)CC[C@@H]1C(=O)Nc1ccc2c(c1)C(=O)N(C)C2. The van der Waals surface area contributed by atoms with E-state index in [1.54, 1.807) is 36.1 Å². The van der Waals surface area contributed by atoms with Crippen LogP contribution in [0.25, 0.3) is 0 Å². The Morgan fingerprint density at radius 2 is 2.00 bits per heavy atom. The van der Waals surface area contributed by atoms with Gasteiger partial charge in [0.25, 0.3) is 5.91 Å². The Labute approximate surface area is 169 Å². The number of methoxy groups -OCH3 is 1. The van der Waals surface area contributed by atoms with Crippen LogP contribution in [0.1, 0.15) is 34.3 Å². The second-order valence-electron chi connectivity index (χ2n) is 7.41. The summed E-state index contributed by atoms with van der Waals surface area (Å²) in [5.74, 6) is 0.337. The molecule has 0 bridgehead atoms. The summed E-state index contributed by atoms with van der Waals surface area (Å²) in [6, 6.07) is 12.3. The zero-order valence-electron chi connectivity index (χ0n) is 16.5. The van der Waals surface area contributed by atoms with E-state index in [2.05, 4.69) is 5.32 Å². The lowest BCUT2D eigenvalue weighted by molar-refractivity contribution is -0.133. The molecule has 0 unspecified atom stereocenters. The molecule has 150 valence electrons. The number of para-hydroxylation sites is 1. The van der Waals surface area contributed by atoms with Crippen LogP contribution in [0.2, 0.25) is 0 Å². The zero-order valence-corrected chi connectivity index (χ0v) is 16.5. The molecule has 1 saturated heterocycles. The molecule has 2 aromatic carbocycles. The maximum atomic E-state index is 12.9. The minimum absolute atomic E-state index is 0.0510. The molecule has 4 rings (SSSR count). The summed E-state index contributed by atoms with van der Waals surface area (Å²) in [5, 5.41) is 2.88. The van der Waals surface area contributed by atoms with Gasteiger partial charge in [-0.25, -0.2) is 0 Å². The van der Waals surface area contributed by atoms with Crippen LogP contribution in [0.4, 0.5) is 5.69 Å². The van der Waals surface area contributed by atoms with Gasteiger partial charge in [-0.3, -0.25) is 14.4 Å². The topological polar surface area (TPSA) is 79.0 Å². The van der Waals surface area contributed by atoms with Crippen molar-refractivity contribution in [3.63, 3.8) is 0 Å². The van der Waals surface area contributed by atoms with Gasteiger partial charge in [0.05, 0.1) is 13.7 Å². The molecule has 1 N–H and O–H groups in total. The first-order valence-electron chi connectivity index (χ1n) is 9.58. The number of anilines is 1. The Morgan fingerprint density at radius 3 is 2.79 bits per heavy atom. The van der Waals surface area contributed by atoms with Gasteiger partial charge in [0, 0.05) is 36.8 Å². The van der Waals surface area contributed by atoms with E-state index in [4.69, 9.17) is 4.74 Å². The monoisotopic (exact) mass is 393 g/mol. The summed E-state index contributed by atoms with van der Waals surface area (Å²) in [7, 11) is 3.34. The normalized spacial score (nSPS) is 18.2. The molecule has 0 spiro atoms. The van der Waals surface area contributed by atoms with Crippen molar-refractivity contribution in [2.24, 2.45) is 0 Å². The molecule has 3 amide bonds. The Bertz CT molecular complexity index is 988. The van der Waals surface area contributed by atoms with Crippen molar-refractivity contribution in [1.29, 1.82) is 0 Å². The lowest BCUT2D eigenvalue weighted by atomic mass is 10.1. The molecular weight excluding hydrogens is 370 g/mol. The quantitative estimate of drug-likeness (QED) is 0.846. The number of carbonyl (C=O) groups is 3. The van der Waals surface area contributed by atoms with Crippen molar-refractivity contribution in [3.05, 3.63) is 59.2 Å². The Balaban J connectivity index is 1.51. The van der Waals surface area contributed by atoms with Crippen LogP contribution < -0.4 is 10.1 Å². The van der Waals surface area contributed by atoms with Crippen LogP contribution in [-0.2, 0) is 22.7 Å². The standard InChI is InChI=1S/C22H23N3O4/c1-24-12-14-7-8-16(11-17(14)22(24)28)23-21(27)18-9-10-20(26)25(18)13-15-5-3-4-6-19(15)29-2/h3-8,11,18H,9-10,12-13H2,1-2H3,(H,23,27)/t18-/m1/s1. The summed E-state index contributed by atoms with van der Waals surface area (Å²) in [5.41, 5.74) is 2.98. The number of likely N-dealkylation sites (tertiary alicyclic amines) is 1. The average Bonchev–Trinajstić information content (AvgIpc) is 3.22. The summed E-state index contributed by atoms with van der Waals surface area (Å²) in [6.45, 7) is 0.889. The molecule has 0 aliphatic carbocycles. The van der Waals surface area contributed by atoms with Gasteiger partial charge in [-0.15, -0.1) is 0 Å². The predicted molar refractivity (Wildman–Crippen MR) is 107 cm³/mol. The number of rotatable bonds is 5. The van der Waals surface area contributed by atoms with E-state index in [9.17, 15) is 14.4 Å². The van der Waals surface area contributed by atoms with E-state index in [0.717, 1.165) is 11.1 Å². The van der Waals surface area contributed by atoms with Crippen LogP contribution in [0.15, 0.2) is 42.5 Å². The van der Waals surface area contributed by atoms with E-state index in [0.29, 0.717) is 42.9 Å². The lowest BCUT2D eigenvalue weighted by Crippen LogP contribution is -2.41. The molecule has 0 saturated carbocycles. The molecule has 2 aromatic rings. The number of fused-ring (bicyclic) bond motifs is 1. The molecular formula is C22H23N3O4. The van der Waals surface area contributed by atoms with Crippen molar-refractivity contribution < 1.29 is 19.1 Å². The first-order valence-corrected chi connectivity index (χ1v) is 9.58. The van der Waals surface area contributed by atoms with Crippen LogP contribution >= 0.6 is 0 Å². The van der Waals surface area contributed by atoms with Crippen LogP contribution in [0.5, 0.6) is 5.75 Å². The van der Waals surface area contributed by atoms with Gasteiger partial charge < -0.3 is 19.9 Å². The molecule has 0 aromatic heterocycles. The van der Waals surface area contributed by atoms with Crippen molar-refractivity contribution in [1.82, 2.24) is 9.80 Å². The van der Waals surface area contributed by atoms with E-state index < -0.39 is 6.04 Å². The third kappa shape index (κ3) is 3.55. The van der Waals surface area contributed by atoms with Gasteiger partial charge in [-0.1, -0.05) is 24.3 Å². The molecule has 1 atom stereocenters. The molecule has 7 nitrogen and oxygen atoms in total. The minimum atomic E-state index is -0.556. The Hall–Kier alpha value is -3.35. The largest absolute Gasteiger partial charge is 0.496 e. The summed E-state index contributed by atoms with van der Waals surface area (Å²) < 4.78 is 5.37. The van der Waals surface area contributed by atoms with Crippen molar-refractivity contribution >= 4 is 23.4 Å². The van der Waals surface area contributed by atoms with Crippen molar-refractivity contribution in [2.45, 2.75) is 32.0 Å². The number of hydrogen-bond donors (Lipinski definition) is 1. The minimum Gasteiger partial charge on any atom is -0.496 e. The van der Waals surface area contributed by atoms with Crippen LogP contribution in [0.3, 0.4) is 0 Å². The van der Waals surface area contributed by atoms with Gasteiger partial charge in [-0.2, -0.15) is 0 Å². The molecule has 29 heavy (non-hydrogen) atoms. The summed E-state index contributed by atoms with van der Waals surface area (Å²) >= 11 is 0. The average molecular weight is 393 g/mol. The first-order chi connectivity index (χ1) is 14.0. The highest BCUT2D eigenvalue weighted by Crippen LogP contribution is 2.28. The number of hydrogen-bond acceptors (Lipinski definition) is 4. The lowest BCUT2D eigenvalue weighted by Gasteiger charge is -2.25. The van der Waals surface area contributed by atoms with E-state index >= 15 is 0 Å². The Kier molecular flexibility index (Phi) is 4.96. The molecule has 7 heteroatoms. The third-order valence-electron chi connectivity index (χ3n) is 5.53.